The van der Waals surface area contributed by atoms with Gasteiger partial charge >= 0.3 is 6.16 Å². The van der Waals surface area contributed by atoms with Gasteiger partial charge in [0.1, 0.15) is 0 Å². The second kappa shape index (κ2) is 5.13. The first kappa shape index (κ1) is 12.9. The van der Waals surface area contributed by atoms with Crippen LogP contribution in [0.1, 0.15) is 0 Å². The minimum absolute atomic E-state index is 0.0491. The summed E-state index contributed by atoms with van der Waals surface area (Å²) >= 11 is 0. The zero-order valence-corrected chi connectivity index (χ0v) is 10.9. The monoisotopic (exact) mass is 281 g/mol. The van der Waals surface area contributed by atoms with Crippen molar-refractivity contribution in [3.8, 4) is 16.9 Å². The molecule has 0 unspecified atom stereocenters. The number of carboxylic acid groups (broad SMARTS) is 1. The highest BCUT2D eigenvalue weighted by molar-refractivity contribution is 5.93. The van der Waals surface area contributed by atoms with Crippen molar-refractivity contribution in [2.75, 3.05) is 0 Å². The molecular weight excluding hydrogens is 270 g/mol. The lowest BCUT2D eigenvalue weighted by Crippen LogP contribution is -2.14. The normalized spacial score (nSPS) is 10.5. The van der Waals surface area contributed by atoms with Gasteiger partial charge in [0.05, 0.1) is 11.1 Å². The Morgan fingerprint density at radius 1 is 1.00 bits per heavy atom. The van der Waals surface area contributed by atoms with Crippen LogP contribution in [0.25, 0.3) is 22.0 Å². The molecule has 104 valence electrons. The van der Waals surface area contributed by atoms with Crippen molar-refractivity contribution in [1.29, 1.82) is 0 Å². The van der Waals surface area contributed by atoms with Gasteiger partial charge in [0.2, 0.25) is 0 Å². The number of nitrogens with one attached hydrogen (secondary N) is 1. The number of rotatable bonds is 2. The zero-order chi connectivity index (χ0) is 14.8. The highest BCUT2D eigenvalue weighted by Crippen LogP contribution is 2.33. The molecule has 21 heavy (non-hydrogen) atoms. The second-order valence-corrected chi connectivity index (χ2v) is 4.44. The fourth-order valence-electron chi connectivity index (χ4n) is 2.27. The van der Waals surface area contributed by atoms with E-state index in [1.54, 1.807) is 48.5 Å². The molecule has 0 bridgehead atoms. The summed E-state index contributed by atoms with van der Waals surface area (Å²) in [5.41, 5.74) is 0.937. The molecule has 0 aliphatic rings. The van der Waals surface area contributed by atoms with Crippen molar-refractivity contribution in [2.24, 2.45) is 0 Å². The predicted molar refractivity (Wildman–Crippen MR) is 78.7 cm³/mol. The molecule has 0 atom stereocenters. The Kier molecular flexibility index (Phi) is 3.16. The van der Waals surface area contributed by atoms with Gasteiger partial charge in [-0.3, -0.25) is 4.79 Å². The molecule has 0 radical (unpaired) electrons. The van der Waals surface area contributed by atoms with E-state index in [2.05, 4.69) is 4.98 Å². The summed E-state index contributed by atoms with van der Waals surface area (Å²) in [7, 11) is 0. The van der Waals surface area contributed by atoms with Gasteiger partial charge < -0.3 is 14.8 Å². The molecule has 0 aliphatic heterocycles. The predicted octanol–water partition coefficient (Wildman–Crippen LogP) is 3.25. The molecule has 0 amide bonds. The number of carbonyl (C=O) groups is 1. The summed E-state index contributed by atoms with van der Waals surface area (Å²) in [6.07, 6.45) is -1.46. The van der Waals surface area contributed by atoms with Crippen LogP contribution in [0.4, 0.5) is 4.79 Å². The van der Waals surface area contributed by atoms with Gasteiger partial charge in [0.25, 0.3) is 5.56 Å². The molecule has 3 rings (SSSR count). The van der Waals surface area contributed by atoms with Crippen LogP contribution in [0.3, 0.4) is 0 Å². The van der Waals surface area contributed by atoms with E-state index in [-0.39, 0.29) is 11.3 Å². The number of aromatic amines is 1. The lowest BCUT2D eigenvalue weighted by atomic mass is 10.0. The smallest absolute Gasteiger partial charge is 0.449 e. The number of hydrogen-bond acceptors (Lipinski definition) is 3. The summed E-state index contributed by atoms with van der Waals surface area (Å²) in [6.45, 7) is 0. The van der Waals surface area contributed by atoms with Crippen molar-refractivity contribution in [1.82, 2.24) is 4.98 Å². The van der Waals surface area contributed by atoms with Crippen molar-refractivity contribution in [3.05, 3.63) is 65.0 Å². The maximum absolute atomic E-state index is 12.3. The van der Waals surface area contributed by atoms with Crippen molar-refractivity contribution in [3.63, 3.8) is 0 Å². The van der Waals surface area contributed by atoms with E-state index in [9.17, 15) is 9.59 Å². The van der Waals surface area contributed by atoms with Crippen molar-refractivity contribution >= 4 is 17.1 Å². The van der Waals surface area contributed by atoms with Crippen LogP contribution in [-0.4, -0.2) is 16.2 Å². The number of benzene rings is 2. The summed E-state index contributed by atoms with van der Waals surface area (Å²) in [5, 5.41) is 9.49. The number of aromatic nitrogens is 1. The zero-order valence-electron chi connectivity index (χ0n) is 10.9. The Morgan fingerprint density at radius 3 is 2.38 bits per heavy atom. The van der Waals surface area contributed by atoms with E-state index in [1.165, 1.54) is 0 Å². The topological polar surface area (TPSA) is 79.4 Å². The van der Waals surface area contributed by atoms with Crippen LogP contribution in [0.15, 0.2) is 59.4 Å². The number of H-pyrrole nitrogens is 1. The molecule has 1 heterocycles. The molecule has 1 aromatic heterocycles. The van der Waals surface area contributed by atoms with Gasteiger partial charge in [-0.1, -0.05) is 42.5 Å². The molecule has 0 spiro atoms. The van der Waals surface area contributed by atoms with E-state index in [4.69, 9.17) is 9.84 Å². The number of hydrogen-bond donors (Lipinski definition) is 2. The molecule has 2 N–H and O–H groups in total. The molecule has 0 aliphatic carbocycles. The van der Waals surface area contributed by atoms with Crippen LogP contribution < -0.4 is 10.3 Å². The Hall–Kier alpha value is -3.08. The fourth-order valence-corrected chi connectivity index (χ4v) is 2.27. The third kappa shape index (κ3) is 2.36. The van der Waals surface area contributed by atoms with Crippen LogP contribution in [0.5, 0.6) is 5.75 Å². The SMILES string of the molecule is O=C(O)Oc1c(-c2ccccc2)c(=O)[nH]c2ccccc12. The van der Waals surface area contributed by atoms with E-state index < -0.39 is 11.7 Å². The van der Waals surface area contributed by atoms with E-state index in [1.807, 2.05) is 6.07 Å². The third-order valence-electron chi connectivity index (χ3n) is 3.13. The Balaban J connectivity index is 2.40. The first-order chi connectivity index (χ1) is 10.2. The standard InChI is InChI=1S/C16H11NO4/c18-15-13(10-6-2-1-3-7-10)14(21-16(19)20)11-8-4-5-9-12(11)17-15/h1-9H,(H,17,18)(H,19,20). The van der Waals surface area contributed by atoms with Crippen molar-refractivity contribution < 1.29 is 14.6 Å². The lowest BCUT2D eigenvalue weighted by Gasteiger charge is -2.10. The number of ether oxygens (including phenoxy) is 1. The highest BCUT2D eigenvalue weighted by atomic mass is 16.7. The van der Waals surface area contributed by atoms with Crippen molar-refractivity contribution in [2.45, 2.75) is 0 Å². The third-order valence-corrected chi connectivity index (χ3v) is 3.13. The number of para-hydroxylation sites is 1. The molecule has 0 saturated carbocycles. The Morgan fingerprint density at radius 2 is 1.67 bits per heavy atom. The minimum Gasteiger partial charge on any atom is -0.449 e. The van der Waals surface area contributed by atoms with E-state index in [0.29, 0.717) is 16.5 Å². The van der Waals surface area contributed by atoms with Gasteiger partial charge in [-0.25, -0.2) is 4.79 Å². The number of pyridine rings is 1. The van der Waals surface area contributed by atoms with Gasteiger partial charge in [-0.05, 0) is 17.7 Å². The fraction of sp³-hybridized carbons (Fsp3) is 0. The van der Waals surface area contributed by atoms with Crippen LogP contribution in [-0.2, 0) is 0 Å². The van der Waals surface area contributed by atoms with Gasteiger partial charge in [0.15, 0.2) is 5.75 Å². The Bertz CT molecular complexity index is 868. The molecule has 0 saturated heterocycles. The molecule has 0 fully saturated rings. The minimum atomic E-state index is -1.46. The second-order valence-electron chi connectivity index (χ2n) is 4.44. The summed E-state index contributed by atoms with van der Waals surface area (Å²) in [4.78, 5) is 26.0. The molecule has 2 aromatic carbocycles. The quantitative estimate of drug-likeness (QED) is 0.707. The average molecular weight is 281 g/mol. The van der Waals surface area contributed by atoms with E-state index >= 15 is 0 Å². The first-order valence-corrected chi connectivity index (χ1v) is 6.28. The van der Waals surface area contributed by atoms with Crippen LogP contribution in [0, 0.1) is 0 Å². The van der Waals surface area contributed by atoms with Gasteiger partial charge in [0, 0.05) is 5.39 Å². The maximum Gasteiger partial charge on any atom is 0.511 e. The molecule has 3 aromatic rings. The number of fused-ring (bicyclic) bond motifs is 1. The summed E-state index contributed by atoms with van der Waals surface area (Å²) in [6, 6.07) is 15.7. The summed E-state index contributed by atoms with van der Waals surface area (Å²) < 4.78 is 4.89. The first-order valence-electron chi connectivity index (χ1n) is 6.28. The summed E-state index contributed by atoms with van der Waals surface area (Å²) in [5.74, 6) is 0.0491. The van der Waals surface area contributed by atoms with Gasteiger partial charge in [-0.2, -0.15) is 0 Å². The molecular formula is C16H11NO4. The highest BCUT2D eigenvalue weighted by Gasteiger charge is 2.18. The van der Waals surface area contributed by atoms with Gasteiger partial charge in [-0.15, -0.1) is 0 Å². The maximum atomic E-state index is 12.3. The largest absolute Gasteiger partial charge is 0.511 e. The molecule has 5 nitrogen and oxygen atoms in total. The average Bonchev–Trinajstić information content (AvgIpc) is 2.47. The lowest BCUT2D eigenvalue weighted by molar-refractivity contribution is 0.145. The van der Waals surface area contributed by atoms with Crippen LogP contribution in [0.2, 0.25) is 0 Å². The van der Waals surface area contributed by atoms with Crippen LogP contribution >= 0.6 is 0 Å². The molecule has 5 heteroatoms. The van der Waals surface area contributed by atoms with E-state index in [0.717, 1.165) is 0 Å². The Labute approximate surface area is 119 Å².